The molecule has 5 heterocycles. The number of imidazole rings is 1. The summed E-state index contributed by atoms with van der Waals surface area (Å²) in [6.07, 6.45) is 4.06. The molecule has 2 aromatic carbocycles. The summed E-state index contributed by atoms with van der Waals surface area (Å²) in [5.74, 6) is 0.960. The van der Waals surface area contributed by atoms with Crippen LogP contribution in [0, 0.1) is 0 Å². The summed E-state index contributed by atoms with van der Waals surface area (Å²) in [6, 6.07) is 14.1. The van der Waals surface area contributed by atoms with E-state index in [4.69, 9.17) is 21.1 Å². The number of benzene rings is 2. The van der Waals surface area contributed by atoms with E-state index in [9.17, 15) is 13.2 Å². The number of likely N-dealkylation sites (tertiary alicyclic amines) is 1. The van der Waals surface area contributed by atoms with Crippen molar-refractivity contribution in [3.05, 3.63) is 101 Å². The lowest BCUT2D eigenvalue weighted by Crippen LogP contribution is -2.24. The van der Waals surface area contributed by atoms with Crippen LogP contribution in [0.25, 0.3) is 16.7 Å². The van der Waals surface area contributed by atoms with Gasteiger partial charge in [0.05, 0.1) is 36.9 Å². The molecule has 0 amide bonds. The van der Waals surface area contributed by atoms with E-state index < -0.39 is 11.7 Å². The van der Waals surface area contributed by atoms with Crippen molar-refractivity contribution in [1.29, 1.82) is 0 Å². The minimum Gasteiger partial charge on any atom is -0.450 e. The molecule has 14 heteroatoms. The number of aryl methyl sites for hydroxylation is 1. The molecular weight excluding hydrogens is 621 g/mol. The van der Waals surface area contributed by atoms with Gasteiger partial charge < -0.3 is 19.4 Å². The first kappa shape index (κ1) is 30.0. The van der Waals surface area contributed by atoms with Crippen LogP contribution in [-0.2, 0) is 31.1 Å². The Morgan fingerprint density at radius 3 is 2.74 bits per heavy atom. The average molecular weight is 649 g/mol. The summed E-state index contributed by atoms with van der Waals surface area (Å²) < 4.78 is 58.1. The van der Waals surface area contributed by atoms with E-state index in [1.807, 2.05) is 35.2 Å². The van der Waals surface area contributed by atoms with Crippen LogP contribution < -0.4 is 10.1 Å². The van der Waals surface area contributed by atoms with Gasteiger partial charge in [0.25, 0.3) is 0 Å². The van der Waals surface area contributed by atoms with Crippen LogP contribution in [0.5, 0.6) is 11.5 Å². The number of aromatic nitrogens is 6. The Morgan fingerprint density at radius 1 is 1.07 bits per heavy atom. The standard InChI is InChI=1S/C32H28ClF3N8O2/c1-42-29-28(33)27(46-26-16-39-44-12-10-37-14-25(26)44)15-38-30(29)41-31(42)40-22-8-7-21(24(13-22)32(34,35)36)17-43-11-9-23(18-43)45-19-20-5-3-2-4-6-20/h2-8,10,12-16,23H,9,11,17-19H2,1H3,(H,38,40,41)/t23-/m0/s1. The Balaban J connectivity index is 1.08. The highest BCUT2D eigenvalue weighted by Gasteiger charge is 2.35. The highest BCUT2D eigenvalue weighted by molar-refractivity contribution is 6.36. The number of pyridine rings is 1. The first-order chi connectivity index (χ1) is 22.2. The van der Waals surface area contributed by atoms with Gasteiger partial charge in [0, 0.05) is 44.8 Å². The van der Waals surface area contributed by atoms with E-state index in [1.165, 1.54) is 18.5 Å². The number of hydrogen-bond donors (Lipinski definition) is 1. The second-order valence-corrected chi connectivity index (χ2v) is 11.4. The van der Waals surface area contributed by atoms with Gasteiger partial charge in [0.15, 0.2) is 17.1 Å². The number of nitrogens with one attached hydrogen (secondary N) is 1. The monoisotopic (exact) mass is 648 g/mol. The van der Waals surface area contributed by atoms with Crippen LogP contribution >= 0.6 is 11.6 Å². The number of rotatable bonds is 9. The van der Waals surface area contributed by atoms with Gasteiger partial charge in [-0.1, -0.05) is 48.0 Å². The van der Waals surface area contributed by atoms with E-state index in [0.717, 1.165) is 18.1 Å². The number of alkyl halides is 3. The molecule has 1 saturated heterocycles. The van der Waals surface area contributed by atoms with Gasteiger partial charge in [-0.2, -0.15) is 23.3 Å². The SMILES string of the molecule is Cn1c(Nc2ccc(CN3CC[C@H](OCc4ccccc4)C3)c(C(F)(F)F)c2)nc2ncc(Oc3cnn4ccncc34)c(Cl)c21. The molecule has 0 bridgehead atoms. The Morgan fingerprint density at radius 2 is 1.91 bits per heavy atom. The van der Waals surface area contributed by atoms with Gasteiger partial charge >= 0.3 is 6.18 Å². The van der Waals surface area contributed by atoms with Crippen molar-refractivity contribution in [2.24, 2.45) is 7.05 Å². The molecule has 7 rings (SSSR count). The largest absolute Gasteiger partial charge is 0.450 e. The minimum absolute atomic E-state index is 0.0315. The number of halogens is 4. The zero-order valence-electron chi connectivity index (χ0n) is 24.6. The van der Waals surface area contributed by atoms with Crippen molar-refractivity contribution in [2.75, 3.05) is 18.4 Å². The Kier molecular flexibility index (Phi) is 7.97. The molecule has 0 spiro atoms. The number of anilines is 2. The zero-order valence-corrected chi connectivity index (χ0v) is 25.3. The molecule has 0 unspecified atom stereocenters. The zero-order chi connectivity index (χ0) is 31.8. The molecule has 1 aliphatic rings. The lowest BCUT2D eigenvalue weighted by Gasteiger charge is -2.20. The smallest absolute Gasteiger partial charge is 0.416 e. The van der Waals surface area contributed by atoms with E-state index in [2.05, 4.69) is 25.4 Å². The van der Waals surface area contributed by atoms with Gasteiger partial charge in [0.1, 0.15) is 16.1 Å². The van der Waals surface area contributed by atoms with Crippen molar-refractivity contribution in [1.82, 2.24) is 34.0 Å². The van der Waals surface area contributed by atoms with Crippen molar-refractivity contribution in [3.63, 3.8) is 0 Å². The van der Waals surface area contributed by atoms with Gasteiger partial charge in [-0.25, -0.2) is 9.50 Å². The van der Waals surface area contributed by atoms with E-state index in [-0.39, 0.29) is 40.6 Å². The highest BCUT2D eigenvalue weighted by atomic mass is 35.5. The quantitative estimate of drug-likeness (QED) is 0.179. The summed E-state index contributed by atoms with van der Waals surface area (Å²) in [5, 5.41) is 7.47. The number of fused-ring (bicyclic) bond motifs is 2. The van der Waals surface area contributed by atoms with Crippen molar-refractivity contribution in [3.8, 4) is 11.5 Å². The normalized spacial score (nSPS) is 15.6. The maximum absolute atomic E-state index is 14.3. The van der Waals surface area contributed by atoms with E-state index in [1.54, 1.807) is 40.8 Å². The van der Waals surface area contributed by atoms with Gasteiger partial charge in [-0.3, -0.25) is 9.88 Å². The first-order valence-electron chi connectivity index (χ1n) is 14.5. The summed E-state index contributed by atoms with van der Waals surface area (Å²) in [6.45, 7) is 1.87. The third-order valence-electron chi connectivity index (χ3n) is 7.94. The third-order valence-corrected chi connectivity index (χ3v) is 8.30. The summed E-state index contributed by atoms with van der Waals surface area (Å²) in [7, 11) is 1.69. The van der Waals surface area contributed by atoms with Crippen LogP contribution in [0.4, 0.5) is 24.8 Å². The number of ether oxygens (including phenoxy) is 2. The minimum atomic E-state index is -4.55. The molecule has 0 radical (unpaired) electrons. The second-order valence-electron chi connectivity index (χ2n) is 11.1. The molecule has 1 aliphatic heterocycles. The van der Waals surface area contributed by atoms with Crippen LogP contribution in [0.15, 0.2) is 79.5 Å². The topological polar surface area (TPSA) is 94.6 Å². The molecule has 4 aromatic heterocycles. The maximum atomic E-state index is 14.3. The van der Waals surface area contributed by atoms with Crippen molar-refractivity contribution in [2.45, 2.75) is 31.9 Å². The molecule has 6 aromatic rings. The Bertz CT molecular complexity index is 2010. The lowest BCUT2D eigenvalue weighted by molar-refractivity contribution is -0.138. The fraction of sp³-hybridized carbons (Fsp3) is 0.250. The Hall–Kier alpha value is -4.72. The van der Waals surface area contributed by atoms with Crippen LogP contribution in [-0.4, -0.2) is 53.2 Å². The van der Waals surface area contributed by atoms with Crippen LogP contribution in [0.2, 0.25) is 5.02 Å². The van der Waals surface area contributed by atoms with Gasteiger partial charge in [-0.05, 0) is 29.7 Å². The summed E-state index contributed by atoms with van der Waals surface area (Å²) in [5.41, 5.74) is 2.16. The molecule has 1 fully saturated rings. The third kappa shape index (κ3) is 6.08. The molecule has 1 atom stereocenters. The molecule has 0 aliphatic carbocycles. The molecular formula is C32H28ClF3N8O2. The lowest BCUT2D eigenvalue weighted by atomic mass is 10.1. The predicted octanol–water partition coefficient (Wildman–Crippen LogP) is 7.01. The summed E-state index contributed by atoms with van der Waals surface area (Å²) >= 11 is 6.72. The Labute approximate surface area is 266 Å². The van der Waals surface area contributed by atoms with E-state index in [0.29, 0.717) is 42.1 Å². The average Bonchev–Trinajstić information content (AvgIpc) is 3.76. The number of hydrogen-bond acceptors (Lipinski definition) is 8. The van der Waals surface area contributed by atoms with Gasteiger partial charge in [0.2, 0.25) is 5.95 Å². The molecule has 0 saturated carbocycles. The predicted molar refractivity (Wildman–Crippen MR) is 166 cm³/mol. The summed E-state index contributed by atoms with van der Waals surface area (Å²) in [4.78, 5) is 14.9. The fourth-order valence-electron chi connectivity index (χ4n) is 5.60. The van der Waals surface area contributed by atoms with E-state index >= 15 is 0 Å². The second kappa shape index (κ2) is 12.2. The fourth-order valence-corrected chi connectivity index (χ4v) is 5.90. The molecule has 46 heavy (non-hydrogen) atoms. The molecule has 10 nitrogen and oxygen atoms in total. The van der Waals surface area contributed by atoms with Crippen LogP contribution in [0.1, 0.15) is 23.1 Å². The van der Waals surface area contributed by atoms with Crippen LogP contribution in [0.3, 0.4) is 0 Å². The van der Waals surface area contributed by atoms with Gasteiger partial charge in [-0.15, -0.1) is 0 Å². The number of nitrogens with zero attached hydrogens (tertiary/aromatic N) is 7. The van der Waals surface area contributed by atoms with Crippen molar-refractivity contribution >= 4 is 39.9 Å². The molecule has 1 N–H and O–H groups in total. The highest BCUT2D eigenvalue weighted by Crippen LogP contribution is 2.38. The van der Waals surface area contributed by atoms with Crippen molar-refractivity contribution < 1.29 is 22.6 Å². The maximum Gasteiger partial charge on any atom is 0.416 e. The first-order valence-corrected chi connectivity index (χ1v) is 14.9. The molecule has 236 valence electrons.